The Hall–Kier alpha value is -0.550. The van der Waals surface area contributed by atoms with E-state index in [0.29, 0.717) is 29.2 Å². The Kier molecular flexibility index (Phi) is 3.26. The van der Waals surface area contributed by atoms with Crippen molar-refractivity contribution in [2.24, 2.45) is 0 Å². The van der Waals surface area contributed by atoms with Gasteiger partial charge in [0.05, 0.1) is 5.56 Å². The Morgan fingerprint density at radius 1 is 1.19 bits per heavy atom. The van der Waals surface area contributed by atoms with Crippen molar-refractivity contribution in [2.45, 2.75) is 19.0 Å². The first kappa shape index (κ1) is 11.9. The molecule has 1 aliphatic heterocycles. The van der Waals surface area contributed by atoms with Crippen LogP contribution < -0.4 is 0 Å². The Morgan fingerprint density at radius 3 is 2.50 bits per heavy atom. The highest BCUT2D eigenvalue weighted by Gasteiger charge is 2.32. The molecule has 16 heavy (non-hydrogen) atoms. The van der Waals surface area contributed by atoms with Crippen molar-refractivity contribution in [3.05, 3.63) is 39.9 Å². The summed E-state index contributed by atoms with van der Waals surface area (Å²) in [7, 11) is 0. The summed E-state index contributed by atoms with van der Waals surface area (Å²) >= 11 is 3.08. The van der Waals surface area contributed by atoms with Gasteiger partial charge in [-0.05, 0) is 36.6 Å². The van der Waals surface area contributed by atoms with Crippen LogP contribution in [-0.4, -0.2) is 6.61 Å². The number of alkyl halides is 3. The van der Waals surface area contributed by atoms with Crippen LogP contribution in [0.25, 0.3) is 0 Å². The van der Waals surface area contributed by atoms with Gasteiger partial charge in [-0.1, -0.05) is 15.9 Å². The highest BCUT2D eigenvalue weighted by atomic mass is 79.9. The standard InChI is InChI=1S/C11H9BrF3O/c12-9-5-7(10-2-1-3-16-10)4-8(6-9)11(13,14)15/h4-6H,1-3H2. The Bertz CT molecular complexity index is 383. The topological polar surface area (TPSA) is 9.23 Å². The maximum Gasteiger partial charge on any atom is 0.416 e. The predicted molar refractivity (Wildman–Crippen MR) is 56.7 cm³/mol. The molecule has 2 rings (SSSR count). The molecule has 87 valence electrons. The van der Waals surface area contributed by atoms with E-state index in [2.05, 4.69) is 15.9 Å². The number of rotatable bonds is 1. The van der Waals surface area contributed by atoms with E-state index < -0.39 is 11.7 Å². The van der Waals surface area contributed by atoms with Gasteiger partial charge in [0.1, 0.15) is 6.10 Å². The van der Waals surface area contributed by atoms with E-state index in [4.69, 9.17) is 4.74 Å². The largest absolute Gasteiger partial charge is 0.416 e. The fraction of sp³-hybridized carbons (Fsp3) is 0.364. The third-order valence-corrected chi connectivity index (χ3v) is 2.83. The molecule has 5 heteroatoms. The summed E-state index contributed by atoms with van der Waals surface area (Å²) in [6.07, 6.45) is -2.11. The fourth-order valence-electron chi connectivity index (χ4n) is 1.64. The first-order valence-electron chi connectivity index (χ1n) is 4.83. The molecule has 1 aromatic rings. The molecule has 0 unspecified atom stereocenters. The molecule has 0 bridgehead atoms. The molecular formula is C11H9BrF3O. The monoisotopic (exact) mass is 293 g/mol. The highest BCUT2D eigenvalue weighted by Crippen LogP contribution is 2.36. The second-order valence-corrected chi connectivity index (χ2v) is 4.52. The molecule has 1 aromatic carbocycles. The van der Waals surface area contributed by atoms with Gasteiger partial charge >= 0.3 is 6.18 Å². The van der Waals surface area contributed by atoms with E-state index in [1.807, 2.05) is 0 Å². The summed E-state index contributed by atoms with van der Waals surface area (Å²) in [6.45, 7) is 0.587. The van der Waals surface area contributed by atoms with Gasteiger partial charge in [-0.2, -0.15) is 13.2 Å². The van der Waals surface area contributed by atoms with Crippen LogP contribution in [0.2, 0.25) is 0 Å². The van der Waals surface area contributed by atoms with E-state index in [9.17, 15) is 13.2 Å². The summed E-state index contributed by atoms with van der Waals surface area (Å²) in [6, 6.07) is 3.85. The van der Waals surface area contributed by atoms with Gasteiger partial charge in [0.2, 0.25) is 0 Å². The van der Waals surface area contributed by atoms with Crippen molar-refractivity contribution in [3.63, 3.8) is 0 Å². The van der Waals surface area contributed by atoms with Crippen LogP contribution in [0.4, 0.5) is 13.2 Å². The minimum absolute atomic E-state index is 0.417. The van der Waals surface area contributed by atoms with Crippen LogP contribution in [-0.2, 0) is 10.9 Å². The van der Waals surface area contributed by atoms with E-state index in [1.165, 1.54) is 0 Å². The number of hydrogen-bond donors (Lipinski definition) is 0. The summed E-state index contributed by atoms with van der Waals surface area (Å²) < 4.78 is 43.4. The predicted octanol–water partition coefficient (Wildman–Crippen LogP) is 4.16. The number of halogens is 4. The molecular weight excluding hydrogens is 285 g/mol. The second kappa shape index (κ2) is 4.37. The third kappa shape index (κ3) is 2.58. The van der Waals surface area contributed by atoms with Gasteiger partial charge < -0.3 is 4.74 Å². The first-order valence-corrected chi connectivity index (χ1v) is 5.63. The summed E-state index contributed by atoms with van der Waals surface area (Å²) in [5, 5.41) is 0. The lowest BCUT2D eigenvalue weighted by atomic mass is 10.0. The molecule has 0 atom stereocenters. The third-order valence-electron chi connectivity index (χ3n) is 2.37. The van der Waals surface area contributed by atoms with Crippen molar-refractivity contribution >= 4 is 15.9 Å². The van der Waals surface area contributed by atoms with Crippen molar-refractivity contribution in [1.82, 2.24) is 0 Å². The summed E-state index contributed by atoms with van der Waals surface area (Å²) in [5.41, 5.74) is -0.140. The van der Waals surface area contributed by atoms with Gasteiger partial charge in [-0.15, -0.1) is 0 Å². The lowest BCUT2D eigenvalue weighted by molar-refractivity contribution is -0.137. The summed E-state index contributed by atoms with van der Waals surface area (Å²) in [4.78, 5) is 0. The molecule has 1 aliphatic rings. The quantitative estimate of drug-likeness (QED) is 0.755. The van der Waals surface area contributed by atoms with Crippen LogP contribution in [0, 0.1) is 6.10 Å². The van der Waals surface area contributed by atoms with Gasteiger partial charge in [-0.25, -0.2) is 0 Å². The molecule has 1 heterocycles. The van der Waals surface area contributed by atoms with Crippen LogP contribution >= 0.6 is 15.9 Å². The molecule has 0 saturated carbocycles. The summed E-state index contributed by atoms with van der Waals surface area (Å²) in [5.74, 6) is 0. The zero-order valence-corrected chi connectivity index (χ0v) is 9.86. The molecule has 0 N–H and O–H groups in total. The zero-order chi connectivity index (χ0) is 11.8. The lowest BCUT2D eigenvalue weighted by Gasteiger charge is -2.13. The molecule has 1 radical (unpaired) electrons. The smallest absolute Gasteiger partial charge is 0.367 e. The van der Waals surface area contributed by atoms with Crippen molar-refractivity contribution in [2.75, 3.05) is 6.61 Å². The maximum absolute atomic E-state index is 12.6. The second-order valence-electron chi connectivity index (χ2n) is 3.60. The van der Waals surface area contributed by atoms with E-state index in [1.54, 1.807) is 6.07 Å². The number of ether oxygens (including phenoxy) is 1. The molecule has 0 spiro atoms. The number of hydrogen-bond acceptors (Lipinski definition) is 1. The highest BCUT2D eigenvalue weighted by molar-refractivity contribution is 9.10. The van der Waals surface area contributed by atoms with E-state index >= 15 is 0 Å². The molecule has 1 nitrogen and oxygen atoms in total. The van der Waals surface area contributed by atoms with Gasteiger partial charge in [0.25, 0.3) is 0 Å². The Balaban J connectivity index is 2.35. The normalized spacial score (nSPS) is 18.0. The maximum atomic E-state index is 12.6. The minimum atomic E-state index is -4.32. The van der Waals surface area contributed by atoms with Gasteiger partial charge in [0, 0.05) is 11.1 Å². The van der Waals surface area contributed by atoms with E-state index in [0.717, 1.165) is 18.6 Å². The first-order chi connectivity index (χ1) is 7.47. The van der Waals surface area contributed by atoms with Crippen molar-refractivity contribution in [1.29, 1.82) is 0 Å². The van der Waals surface area contributed by atoms with Crippen LogP contribution in [0.15, 0.2) is 22.7 Å². The van der Waals surface area contributed by atoms with E-state index in [-0.39, 0.29) is 0 Å². The average molecular weight is 294 g/mol. The molecule has 1 saturated heterocycles. The molecule has 0 amide bonds. The van der Waals surface area contributed by atoms with Gasteiger partial charge in [-0.3, -0.25) is 0 Å². The van der Waals surface area contributed by atoms with Crippen molar-refractivity contribution in [3.8, 4) is 0 Å². The molecule has 1 fully saturated rings. The van der Waals surface area contributed by atoms with Gasteiger partial charge in [0.15, 0.2) is 0 Å². The lowest BCUT2D eigenvalue weighted by Crippen LogP contribution is -2.07. The Morgan fingerprint density at radius 2 is 1.94 bits per heavy atom. The fourth-order valence-corrected chi connectivity index (χ4v) is 2.14. The number of benzene rings is 1. The molecule has 0 aliphatic carbocycles. The zero-order valence-electron chi connectivity index (χ0n) is 8.27. The van der Waals surface area contributed by atoms with Crippen LogP contribution in [0.3, 0.4) is 0 Å². The molecule has 0 aromatic heterocycles. The minimum Gasteiger partial charge on any atom is -0.367 e. The Labute approximate surface area is 99.7 Å². The van der Waals surface area contributed by atoms with Crippen LogP contribution in [0.1, 0.15) is 24.0 Å². The van der Waals surface area contributed by atoms with Crippen molar-refractivity contribution < 1.29 is 17.9 Å². The average Bonchev–Trinajstić information content (AvgIpc) is 2.68. The van der Waals surface area contributed by atoms with Crippen LogP contribution in [0.5, 0.6) is 0 Å². The SMILES string of the molecule is FC(F)(F)c1cc(Br)cc([C]2CCCO2)c1.